The van der Waals surface area contributed by atoms with Gasteiger partial charge in [0.2, 0.25) is 0 Å². The largest absolute Gasteiger partial charge is 0.341 e. The molecule has 162 valence electrons. The van der Waals surface area contributed by atoms with E-state index in [1.807, 2.05) is 23.0 Å². The molecule has 0 spiro atoms. The van der Waals surface area contributed by atoms with Crippen molar-refractivity contribution in [2.45, 2.75) is 71.4 Å². The van der Waals surface area contributed by atoms with Gasteiger partial charge < -0.3 is 9.47 Å². The molecule has 3 aromatic rings. The summed E-state index contributed by atoms with van der Waals surface area (Å²) in [5.41, 5.74) is 2.22. The van der Waals surface area contributed by atoms with Crippen LogP contribution in [0.15, 0.2) is 24.7 Å². The van der Waals surface area contributed by atoms with Gasteiger partial charge in [-0.25, -0.2) is 15.0 Å². The minimum absolute atomic E-state index is 0.174. The molecule has 0 N–H and O–H groups in total. The van der Waals surface area contributed by atoms with Gasteiger partial charge in [-0.2, -0.15) is 0 Å². The summed E-state index contributed by atoms with van der Waals surface area (Å²) in [5.74, 6) is 8.48. The van der Waals surface area contributed by atoms with Gasteiger partial charge in [0, 0.05) is 24.6 Å². The first-order chi connectivity index (χ1) is 14.9. The van der Waals surface area contributed by atoms with Crippen LogP contribution in [0.3, 0.4) is 0 Å². The number of hydrogen-bond donors (Lipinski definition) is 0. The van der Waals surface area contributed by atoms with Gasteiger partial charge in [0.1, 0.15) is 5.82 Å². The first-order valence-electron chi connectivity index (χ1n) is 11.0. The lowest BCUT2D eigenvalue weighted by Gasteiger charge is -2.25. The van der Waals surface area contributed by atoms with Crippen LogP contribution < -0.4 is 4.90 Å². The SMILES string of the molecule is CCCC#CC1CCCN1c1nc(C(C)(C)C)nc2c1ncn2Cc1ncccc1Cl. The van der Waals surface area contributed by atoms with Crippen molar-refractivity contribution >= 4 is 28.6 Å². The molecule has 0 amide bonds. The minimum Gasteiger partial charge on any atom is -0.341 e. The maximum absolute atomic E-state index is 6.36. The first kappa shape index (κ1) is 21.6. The molecule has 4 rings (SSSR count). The number of rotatable bonds is 4. The summed E-state index contributed by atoms with van der Waals surface area (Å²) in [7, 11) is 0. The normalized spacial score (nSPS) is 16.5. The molecule has 31 heavy (non-hydrogen) atoms. The molecule has 4 heterocycles. The van der Waals surface area contributed by atoms with E-state index in [2.05, 4.69) is 49.4 Å². The lowest BCUT2D eigenvalue weighted by atomic mass is 9.95. The second kappa shape index (κ2) is 8.84. The quantitative estimate of drug-likeness (QED) is 0.539. The number of pyridine rings is 1. The molecular formula is C24H29ClN6. The molecule has 1 atom stereocenters. The van der Waals surface area contributed by atoms with Gasteiger partial charge in [0.05, 0.1) is 29.6 Å². The average Bonchev–Trinajstić information content (AvgIpc) is 3.36. The first-order valence-corrected chi connectivity index (χ1v) is 11.3. The van der Waals surface area contributed by atoms with Crippen molar-refractivity contribution < 1.29 is 0 Å². The predicted molar refractivity (Wildman–Crippen MR) is 125 cm³/mol. The molecule has 3 aromatic heterocycles. The lowest BCUT2D eigenvalue weighted by Crippen LogP contribution is -2.30. The van der Waals surface area contributed by atoms with Crippen LogP contribution in [0.4, 0.5) is 5.82 Å². The van der Waals surface area contributed by atoms with Crippen LogP contribution in [0.1, 0.15) is 64.9 Å². The Kier molecular flexibility index (Phi) is 6.15. The van der Waals surface area contributed by atoms with Crippen molar-refractivity contribution in [3.05, 3.63) is 41.2 Å². The van der Waals surface area contributed by atoms with E-state index in [0.717, 1.165) is 60.7 Å². The lowest BCUT2D eigenvalue weighted by molar-refractivity contribution is 0.545. The Balaban J connectivity index is 1.81. The Morgan fingerprint density at radius 2 is 2.06 bits per heavy atom. The number of nitrogens with zero attached hydrogens (tertiary/aromatic N) is 6. The zero-order valence-electron chi connectivity index (χ0n) is 18.7. The van der Waals surface area contributed by atoms with E-state index < -0.39 is 0 Å². The van der Waals surface area contributed by atoms with Crippen LogP contribution >= 0.6 is 11.6 Å². The van der Waals surface area contributed by atoms with Gasteiger partial charge in [0.25, 0.3) is 0 Å². The Labute approximate surface area is 189 Å². The third kappa shape index (κ3) is 4.52. The minimum atomic E-state index is -0.191. The van der Waals surface area contributed by atoms with E-state index in [0.29, 0.717) is 11.6 Å². The van der Waals surface area contributed by atoms with Gasteiger partial charge in [0.15, 0.2) is 17.0 Å². The van der Waals surface area contributed by atoms with Crippen molar-refractivity contribution in [2.24, 2.45) is 0 Å². The van der Waals surface area contributed by atoms with Gasteiger partial charge in [-0.05, 0) is 31.4 Å². The van der Waals surface area contributed by atoms with E-state index in [9.17, 15) is 0 Å². The fourth-order valence-corrected chi connectivity index (χ4v) is 3.94. The standard InChI is InChI=1S/C24H29ClN6/c1-5-6-7-10-17-11-9-14-31(17)22-20-21(28-23(29-22)24(2,3)4)30(16-27-20)15-19-18(25)12-8-13-26-19/h8,12-13,16-17H,5-6,9,11,14-15H2,1-4H3. The van der Waals surface area contributed by atoms with Crippen molar-refractivity contribution in [1.82, 2.24) is 24.5 Å². The van der Waals surface area contributed by atoms with Crippen LogP contribution in [-0.4, -0.2) is 37.1 Å². The molecule has 0 bridgehead atoms. The van der Waals surface area contributed by atoms with Crippen LogP contribution in [0.25, 0.3) is 11.2 Å². The van der Waals surface area contributed by atoms with E-state index >= 15 is 0 Å². The van der Waals surface area contributed by atoms with E-state index in [1.54, 1.807) is 6.20 Å². The smallest absolute Gasteiger partial charge is 0.166 e. The second-order valence-electron chi connectivity index (χ2n) is 9.02. The van der Waals surface area contributed by atoms with Crippen LogP contribution in [0.5, 0.6) is 0 Å². The summed E-state index contributed by atoms with van der Waals surface area (Å²) in [5, 5.41) is 0.639. The summed E-state index contributed by atoms with van der Waals surface area (Å²) in [4.78, 5) is 21.4. The summed E-state index contributed by atoms with van der Waals surface area (Å²) < 4.78 is 2.01. The van der Waals surface area contributed by atoms with Gasteiger partial charge >= 0.3 is 0 Å². The summed E-state index contributed by atoms with van der Waals surface area (Å²) in [6, 6.07) is 3.87. The number of fused-ring (bicyclic) bond motifs is 1. The average molecular weight is 437 g/mol. The Morgan fingerprint density at radius 1 is 1.23 bits per heavy atom. The molecule has 1 fully saturated rings. The number of imidazole rings is 1. The topological polar surface area (TPSA) is 59.7 Å². The Morgan fingerprint density at radius 3 is 2.81 bits per heavy atom. The number of halogens is 1. The molecule has 0 aromatic carbocycles. The molecule has 1 aliphatic heterocycles. The Hall–Kier alpha value is -2.65. The summed E-state index contributed by atoms with van der Waals surface area (Å²) >= 11 is 6.36. The highest BCUT2D eigenvalue weighted by Gasteiger charge is 2.30. The number of aromatic nitrogens is 5. The van der Waals surface area contributed by atoms with Crippen LogP contribution in [0.2, 0.25) is 5.02 Å². The second-order valence-corrected chi connectivity index (χ2v) is 9.43. The molecule has 7 heteroatoms. The highest BCUT2D eigenvalue weighted by atomic mass is 35.5. The maximum Gasteiger partial charge on any atom is 0.166 e. The molecule has 0 aliphatic carbocycles. The number of anilines is 1. The fraction of sp³-hybridized carbons (Fsp3) is 0.500. The third-order valence-electron chi connectivity index (χ3n) is 5.44. The highest BCUT2D eigenvalue weighted by molar-refractivity contribution is 6.31. The van der Waals surface area contributed by atoms with Crippen molar-refractivity contribution in [1.29, 1.82) is 0 Å². The molecular weight excluding hydrogens is 408 g/mol. The van der Waals surface area contributed by atoms with Crippen LogP contribution in [-0.2, 0) is 12.0 Å². The summed E-state index contributed by atoms with van der Waals surface area (Å²) in [6.45, 7) is 10.0. The third-order valence-corrected chi connectivity index (χ3v) is 5.78. The van der Waals surface area contributed by atoms with E-state index in [1.165, 1.54) is 0 Å². The van der Waals surface area contributed by atoms with E-state index in [-0.39, 0.29) is 11.5 Å². The van der Waals surface area contributed by atoms with Crippen molar-refractivity contribution in [2.75, 3.05) is 11.4 Å². The molecule has 1 saturated heterocycles. The number of unbranched alkanes of at least 4 members (excludes halogenated alkanes) is 1. The van der Waals surface area contributed by atoms with Gasteiger partial charge in [-0.15, -0.1) is 5.92 Å². The van der Waals surface area contributed by atoms with Crippen LogP contribution in [0, 0.1) is 11.8 Å². The van der Waals surface area contributed by atoms with Gasteiger partial charge in [-0.3, -0.25) is 4.98 Å². The highest BCUT2D eigenvalue weighted by Crippen LogP contribution is 2.32. The molecule has 1 unspecified atom stereocenters. The molecule has 0 saturated carbocycles. The molecule has 6 nitrogen and oxygen atoms in total. The fourth-order valence-electron chi connectivity index (χ4n) is 3.76. The van der Waals surface area contributed by atoms with Crippen molar-refractivity contribution in [3.8, 4) is 11.8 Å². The zero-order chi connectivity index (χ0) is 22.0. The molecule has 1 aliphatic rings. The van der Waals surface area contributed by atoms with E-state index in [4.69, 9.17) is 26.6 Å². The summed E-state index contributed by atoms with van der Waals surface area (Å²) in [6.07, 6.45) is 7.73. The maximum atomic E-state index is 6.36. The van der Waals surface area contributed by atoms with Gasteiger partial charge in [-0.1, -0.05) is 45.2 Å². The monoisotopic (exact) mass is 436 g/mol. The zero-order valence-corrected chi connectivity index (χ0v) is 19.4. The van der Waals surface area contributed by atoms with Crippen molar-refractivity contribution in [3.63, 3.8) is 0 Å². The Bertz CT molecular complexity index is 1130. The predicted octanol–water partition coefficient (Wildman–Crippen LogP) is 4.99. The molecule has 0 radical (unpaired) electrons. The number of hydrogen-bond acceptors (Lipinski definition) is 5.